The van der Waals surface area contributed by atoms with E-state index >= 15 is 0 Å². The standard InChI is InChI=1S/C9H17N2O2P/c1-7(2)11(8(3)4)9(5-6-10)13-14-12/h7-9H,5H2,1-4H3. The fourth-order valence-corrected chi connectivity index (χ4v) is 1.87. The van der Waals surface area contributed by atoms with Gasteiger partial charge in [0.15, 0.2) is 0 Å². The molecule has 0 heterocycles. The van der Waals surface area contributed by atoms with Crippen molar-refractivity contribution in [1.82, 2.24) is 4.90 Å². The van der Waals surface area contributed by atoms with Gasteiger partial charge in [-0.2, -0.15) is 5.26 Å². The van der Waals surface area contributed by atoms with E-state index in [0.29, 0.717) is 0 Å². The molecule has 0 aliphatic rings. The van der Waals surface area contributed by atoms with Crippen molar-refractivity contribution in [3.05, 3.63) is 0 Å². The van der Waals surface area contributed by atoms with Gasteiger partial charge in [-0.3, -0.25) is 9.42 Å². The zero-order chi connectivity index (χ0) is 11.1. The summed E-state index contributed by atoms with van der Waals surface area (Å²) in [6.45, 7) is 8.09. The van der Waals surface area contributed by atoms with E-state index in [-0.39, 0.29) is 33.4 Å². The van der Waals surface area contributed by atoms with Crippen molar-refractivity contribution in [1.29, 1.82) is 5.26 Å². The maximum atomic E-state index is 10.4. The lowest BCUT2D eigenvalue weighted by atomic mass is 10.2. The first-order valence-electron chi connectivity index (χ1n) is 4.67. The molecule has 0 fully saturated rings. The molecule has 0 aliphatic heterocycles. The van der Waals surface area contributed by atoms with E-state index in [9.17, 15) is 4.57 Å². The highest BCUT2D eigenvalue weighted by atomic mass is 31.1. The fourth-order valence-electron chi connectivity index (χ4n) is 1.59. The summed E-state index contributed by atoms with van der Waals surface area (Å²) >= 11 is 0. The Morgan fingerprint density at radius 1 is 1.36 bits per heavy atom. The second kappa shape index (κ2) is 6.89. The van der Waals surface area contributed by atoms with Crippen LogP contribution < -0.4 is 0 Å². The molecule has 14 heavy (non-hydrogen) atoms. The van der Waals surface area contributed by atoms with Crippen LogP contribution >= 0.6 is 8.69 Å². The first-order chi connectivity index (χ1) is 6.54. The van der Waals surface area contributed by atoms with Crippen LogP contribution in [0.25, 0.3) is 0 Å². The van der Waals surface area contributed by atoms with E-state index < -0.39 is 0 Å². The minimum atomic E-state index is -0.390. The van der Waals surface area contributed by atoms with Gasteiger partial charge in [-0.15, -0.1) is 0 Å². The third-order valence-corrected chi connectivity index (χ3v) is 2.29. The Morgan fingerprint density at radius 3 is 2.14 bits per heavy atom. The molecule has 0 radical (unpaired) electrons. The Hall–Kier alpha value is -0.490. The molecular weight excluding hydrogens is 199 g/mol. The molecule has 5 heteroatoms. The van der Waals surface area contributed by atoms with Crippen molar-refractivity contribution in [3.8, 4) is 6.07 Å². The Morgan fingerprint density at radius 2 is 1.86 bits per heavy atom. The summed E-state index contributed by atoms with van der Waals surface area (Å²) in [6, 6.07) is 2.55. The SMILES string of the molecule is CC(C)N(C(C)C)C(CC#N)OP=O. The minimum absolute atomic E-state index is 0.228. The minimum Gasteiger partial charge on any atom is -0.274 e. The third kappa shape index (κ3) is 4.15. The van der Waals surface area contributed by atoms with E-state index in [1.54, 1.807) is 0 Å². The fraction of sp³-hybridized carbons (Fsp3) is 0.889. The average molecular weight is 216 g/mol. The summed E-state index contributed by atoms with van der Waals surface area (Å²) in [5, 5.41) is 8.61. The van der Waals surface area contributed by atoms with Crippen molar-refractivity contribution in [3.63, 3.8) is 0 Å². The van der Waals surface area contributed by atoms with Crippen LogP contribution in [-0.4, -0.2) is 23.2 Å². The smallest absolute Gasteiger partial charge is 0.274 e. The van der Waals surface area contributed by atoms with E-state index in [1.807, 2.05) is 38.7 Å². The van der Waals surface area contributed by atoms with E-state index in [1.165, 1.54) is 0 Å². The summed E-state index contributed by atoms with van der Waals surface area (Å²) < 4.78 is 15.4. The summed E-state index contributed by atoms with van der Waals surface area (Å²) in [4.78, 5) is 2.02. The van der Waals surface area contributed by atoms with E-state index in [4.69, 9.17) is 9.79 Å². The second-order valence-corrected chi connectivity index (χ2v) is 3.99. The molecule has 0 aromatic heterocycles. The summed E-state index contributed by atoms with van der Waals surface area (Å²) in [5.74, 6) is 0. The molecule has 1 atom stereocenters. The van der Waals surface area contributed by atoms with Crippen molar-refractivity contribution in [2.75, 3.05) is 0 Å². The number of hydrogen-bond acceptors (Lipinski definition) is 4. The molecule has 0 rings (SSSR count). The summed E-state index contributed by atoms with van der Waals surface area (Å²) in [5.41, 5.74) is 0. The Balaban J connectivity index is 4.55. The molecule has 80 valence electrons. The first-order valence-corrected chi connectivity index (χ1v) is 5.40. The molecule has 0 saturated carbocycles. The lowest BCUT2D eigenvalue weighted by Gasteiger charge is -2.35. The highest BCUT2D eigenvalue weighted by Crippen LogP contribution is 2.18. The largest absolute Gasteiger partial charge is 0.329 e. The maximum Gasteiger partial charge on any atom is 0.329 e. The third-order valence-electron chi connectivity index (χ3n) is 1.96. The topological polar surface area (TPSA) is 53.3 Å². The number of hydrogen-bond donors (Lipinski definition) is 0. The van der Waals surface area contributed by atoms with Crippen molar-refractivity contribution >= 4 is 8.69 Å². The van der Waals surface area contributed by atoms with E-state index in [2.05, 4.69) is 0 Å². The second-order valence-electron chi connectivity index (χ2n) is 3.63. The van der Waals surface area contributed by atoms with Crippen LogP contribution in [0.3, 0.4) is 0 Å². The predicted molar refractivity (Wildman–Crippen MR) is 54.8 cm³/mol. The Labute approximate surface area is 87.1 Å². The van der Waals surface area contributed by atoms with Gasteiger partial charge < -0.3 is 0 Å². The van der Waals surface area contributed by atoms with Crippen LogP contribution in [0.1, 0.15) is 34.1 Å². The molecular formula is C9H17N2O2P. The van der Waals surface area contributed by atoms with E-state index in [0.717, 1.165) is 0 Å². The van der Waals surface area contributed by atoms with Gasteiger partial charge in [0.1, 0.15) is 6.23 Å². The van der Waals surface area contributed by atoms with Crippen molar-refractivity contribution in [2.24, 2.45) is 0 Å². The molecule has 0 aromatic carbocycles. The van der Waals surface area contributed by atoms with Gasteiger partial charge in [0.2, 0.25) is 0 Å². The Bertz CT molecular complexity index is 205. The van der Waals surface area contributed by atoms with Gasteiger partial charge >= 0.3 is 8.69 Å². The number of nitrogens with zero attached hydrogens (tertiary/aromatic N) is 2. The molecule has 0 aliphatic carbocycles. The molecule has 0 saturated heterocycles. The normalized spacial score (nSPS) is 13.9. The highest BCUT2D eigenvalue weighted by Gasteiger charge is 2.24. The zero-order valence-electron chi connectivity index (χ0n) is 9.10. The summed E-state index contributed by atoms with van der Waals surface area (Å²) in [6.07, 6.45) is -0.162. The van der Waals surface area contributed by atoms with Crippen LogP contribution in [0.15, 0.2) is 0 Å². The van der Waals surface area contributed by atoms with Gasteiger partial charge in [-0.25, -0.2) is 4.57 Å². The lowest BCUT2D eigenvalue weighted by Crippen LogP contribution is -2.45. The van der Waals surface area contributed by atoms with Crippen molar-refractivity contribution in [2.45, 2.75) is 52.4 Å². The van der Waals surface area contributed by atoms with Gasteiger partial charge in [-0.1, -0.05) is 0 Å². The Kier molecular flexibility index (Phi) is 6.65. The van der Waals surface area contributed by atoms with Crippen LogP contribution in [0.5, 0.6) is 0 Å². The summed E-state index contributed by atoms with van der Waals surface area (Å²) in [7, 11) is -0.373. The molecule has 0 aromatic rings. The zero-order valence-corrected chi connectivity index (χ0v) is 9.99. The molecule has 0 amide bonds. The first kappa shape index (κ1) is 13.5. The van der Waals surface area contributed by atoms with Gasteiger partial charge in [0.05, 0.1) is 12.5 Å². The predicted octanol–water partition coefficient (Wildman–Crippen LogP) is 2.57. The maximum absolute atomic E-state index is 10.4. The number of nitriles is 1. The quantitative estimate of drug-likeness (QED) is 0.505. The lowest BCUT2D eigenvalue weighted by molar-refractivity contribution is -0.00725. The molecule has 0 bridgehead atoms. The molecule has 0 N–H and O–H groups in total. The highest BCUT2D eigenvalue weighted by molar-refractivity contribution is 7.17. The monoisotopic (exact) mass is 216 g/mol. The van der Waals surface area contributed by atoms with Crippen molar-refractivity contribution < 1.29 is 9.09 Å². The van der Waals surface area contributed by atoms with Gasteiger partial charge in [-0.05, 0) is 27.7 Å². The van der Waals surface area contributed by atoms with Crippen LogP contribution in [0, 0.1) is 11.3 Å². The van der Waals surface area contributed by atoms with Crippen LogP contribution in [0.2, 0.25) is 0 Å². The molecule has 0 spiro atoms. The van der Waals surface area contributed by atoms with Gasteiger partial charge in [0.25, 0.3) is 0 Å². The molecule has 4 nitrogen and oxygen atoms in total. The van der Waals surface area contributed by atoms with Crippen LogP contribution in [0.4, 0.5) is 0 Å². The average Bonchev–Trinajstić information content (AvgIpc) is 2.03. The number of rotatable bonds is 6. The molecule has 1 unspecified atom stereocenters. The van der Waals surface area contributed by atoms with Gasteiger partial charge in [0, 0.05) is 12.1 Å². The van der Waals surface area contributed by atoms with Crippen LogP contribution in [-0.2, 0) is 9.09 Å².